The van der Waals surface area contributed by atoms with Gasteiger partial charge in [-0.25, -0.2) is 14.5 Å². The second-order valence-corrected chi connectivity index (χ2v) is 9.06. The molecule has 4 unspecified atom stereocenters. The van der Waals surface area contributed by atoms with Gasteiger partial charge in [0.15, 0.2) is 0 Å². The summed E-state index contributed by atoms with van der Waals surface area (Å²) in [6, 6.07) is 7.14. The molecule has 0 radical (unpaired) electrons. The van der Waals surface area contributed by atoms with E-state index in [9.17, 15) is 4.79 Å². The van der Waals surface area contributed by atoms with Gasteiger partial charge in [-0.15, -0.1) is 0 Å². The number of nitrogens with zero attached hydrogens (tertiary/aromatic N) is 7. The molecule has 0 bridgehead atoms. The van der Waals surface area contributed by atoms with Crippen LogP contribution in [0, 0.1) is 0 Å². The number of hydrogen-bond acceptors (Lipinski definition) is 9. The Morgan fingerprint density at radius 2 is 1.86 bits per heavy atom. The van der Waals surface area contributed by atoms with Crippen LogP contribution in [0.2, 0.25) is 0 Å². The van der Waals surface area contributed by atoms with Gasteiger partial charge < -0.3 is 24.8 Å². The standard InChI is InChI=1S/C22H27N9O4/c32-21(25-14-4-2-1-3-5-14)26-17-10-33-20-18(11-34-19(17)20)31-22(27-28-29-31)35-16-8-6-15(7-9-16)30-13-23-12-24-30/h6-9,12-14,17-20H,1-5,10-11H2,(H2,25,26,32). The highest BCUT2D eigenvalue weighted by molar-refractivity contribution is 5.74. The zero-order valence-electron chi connectivity index (χ0n) is 19.1. The monoisotopic (exact) mass is 481 g/mol. The minimum Gasteiger partial charge on any atom is -0.423 e. The number of tetrazole rings is 1. The first-order valence-corrected chi connectivity index (χ1v) is 12.0. The minimum atomic E-state index is -0.296. The van der Waals surface area contributed by atoms with E-state index in [4.69, 9.17) is 14.2 Å². The molecule has 3 fully saturated rings. The maximum absolute atomic E-state index is 12.5. The Morgan fingerprint density at radius 3 is 2.66 bits per heavy atom. The van der Waals surface area contributed by atoms with Crippen molar-refractivity contribution in [1.82, 2.24) is 45.6 Å². The van der Waals surface area contributed by atoms with E-state index in [1.165, 1.54) is 12.7 Å². The van der Waals surface area contributed by atoms with Crippen molar-refractivity contribution >= 4 is 6.03 Å². The lowest BCUT2D eigenvalue weighted by atomic mass is 9.96. The highest BCUT2D eigenvalue weighted by atomic mass is 16.6. The van der Waals surface area contributed by atoms with E-state index in [1.54, 1.807) is 27.8 Å². The summed E-state index contributed by atoms with van der Waals surface area (Å²) in [6.45, 7) is 0.719. The number of urea groups is 1. The van der Waals surface area contributed by atoms with Crippen molar-refractivity contribution in [3.8, 4) is 17.4 Å². The molecule has 35 heavy (non-hydrogen) atoms. The predicted octanol–water partition coefficient (Wildman–Crippen LogP) is 1.39. The summed E-state index contributed by atoms with van der Waals surface area (Å²) in [5.41, 5.74) is 0.854. The molecule has 1 aliphatic carbocycles. The Kier molecular flexibility index (Phi) is 6.00. The fourth-order valence-electron chi connectivity index (χ4n) is 5.03. The quantitative estimate of drug-likeness (QED) is 0.534. The SMILES string of the molecule is O=C(NC1CCCCC1)NC1COC2C1OCC2n1nnnc1Oc1ccc(-n2cncn2)cc1. The third-order valence-electron chi connectivity index (χ3n) is 6.79. The van der Waals surface area contributed by atoms with E-state index in [-0.39, 0.29) is 42.4 Å². The maximum Gasteiger partial charge on any atom is 0.341 e. The number of ether oxygens (including phenoxy) is 3. The van der Waals surface area contributed by atoms with Crippen LogP contribution < -0.4 is 15.4 Å². The first kappa shape index (κ1) is 21.9. The molecule has 0 spiro atoms. The number of rotatable bonds is 6. The van der Waals surface area contributed by atoms with Crippen LogP contribution in [-0.4, -0.2) is 78.5 Å². The van der Waals surface area contributed by atoms with Crippen molar-refractivity contribution < 1.29 is 19.0 Å². The summed E-state index contributed by atoms with van der Waals surface area (Å²) in [5, 5.41) is 22.2. The lowest BCUT2D eigenvalue weighted by Gasteiger charge is -2.24. The Morgan fingerprint density at radius 1 is 1.03 bits per heavy atom. The van der Waals surface area contributed by atoms with Crippen molar-refractivity contribution in [3.63, 3.8) is 0 Å². The molecule has 13 nitrogen and oxygen atoms in total. The average Bonchev–Trinajstić information content (AvgIpc) is 3.67. The van der Waals surface area contributed by atoms with Crippen molar-refractivity contribution in [2.24, 2.45) is 0 Å². The zero-order valence-corrected chi connectivity index (χ0v) is 19.1. The van der Waals surface area contributed by atoms with Gasteiger partial charge in [0.1, 0.15) is 36.7 Å². The van der Waals surface area contributed by atoms with Gasteiger partial charge in [-0.3, -0.25) is 0 Å². The van der Waals surface area contributed by atoms with Crippen molar-refractivity contribution in [2.45, 2.75) is 62.4 Å². The Hall–Kier alpha value is -3.58. The molecule has 2 aliphatic heterocycles. The van der Waals surface area contributed by atoms with Gasteiger partial charge >= 0.3 is 12.0 Å². The molecular formula is C22H27N9O4. The molecule has 4 atom stereocenters. The molecule has 2 saturated heterocycles. The molecule has 4 heterocycles. The Balaban J connectivity index is 1.08. The minimum absolute atomic E-state index is 0.168. The van der Waals surface area contributed by atoms with Gasteiger partial charge in [0.2, 0.25) is 0 Å². The lowest BCUT2D eigenvalue weighted by molar-refractivity contribution is 0.0613. The van der Waals surface area contributed by atoms with Gasteiger partial charge in [0, 0.05) is 6.04 Å². The van der Waals surface area contributed by atoms with E-state index < -0.39 is 0 Å². The van der Waals surface area contributed by atoms with Crippen LogP contribution in [0.15, 0.2) is 36.9 Å². The normalized spacial score (nSPS) is 26.4. The third kappa shape index (κ3) is 4.56. The number of carbonyl (C=O) groups is 1. The molecule has 2 N–H and O–H groups in total. The van der Waals surface area contributed by atoms with Gasteiger partial charge in [0.05, 0.1) is 24.9 Å². The summed E-state index contributed by atoms with van der Waals surface area (Å²) in [6.07, 6.45) is 8.15. The summed E-state index contributed by atoms with van der Waals surface area (Å²) in [5.74, 6) is 0.576. The number of amides is 2. The summed E-state index contributed by atoms with van der Waals surface area (Å²) in [7, 11) is 0. The molecule has 2 aromatic heterocycles. The molecule has 1 saturated carbocycles. The van der Waals surface area contributed by atoms with E-state index in [2.05, 4.69) is 36.2 Å². The van der Waals surface area contributed by atoms with Crippen LogP contribution >= 0.6 is 0 Å². The zero-order chi connectivity index (χ0) is 23.6. The number of benzene rings is 1. The van der Waals surface area contributed by atoms with Crippen molar-refractivity contribution in [1.29, 1.82) is 0 Å². The van der Waals surface area contributed by atoms with Crippen molar-refractivity contribution in [2.75, 3.05) is 13.2 Å². The maximum atomic E-state index is 12.5. The summed E-state index contributed by atoms with van der Waals surface area (Å²) in [4.78, 5) is 16.5. The second-order valence-electron chi connectivity index (χ2n) is 9.06. The van der Waals surface area contributed by atoms with Gasteiger partial charge in [-0.1, -0.05) is 24.4 Å². The average molecular weight is 482 g/mol. The molecule has 13 heteroatoms. The smallest absolute Gasteiger partial charge is 0.341 e. The molecule has 2 amide bonds. The second kappa shape index (κ2) is 9.58. The molecular weight excluding hydrogens is 454 g/mol. The van der Waals surface area contributed by atoms with E-state index in [1.807, 2.05) is 12.1 Å². The van der Waals surface area contributed by atoms with Gasteiger partial charge in [-0.2, -0.15) is 9.78 Å². The summed E-state index contributed by atoms with van der Waals surface area (Å²) >= 11 is 0. The molecule has 184 valence electrons. The summed E-state index contributed by atoms with van der Waals surface area (Å²) < 4.78 is 21.2. The first-order chi connectivity index (χ1) is 17.2. The van der Waals surface area contributed by atoms with Gasteiger partial charge in [0.25, 0.3) is 0 Å². The highest BCUT2D eigenvalue weighted by Crippen LogP contribution is 2.36. The van der Waals surface area contributed by atoms with Crippen LogP contribution in [0.5, 0.6) is 11.8 Å². The van der Waals surface area contributed by atoms with Gasteiger partial charge in [-0.05, 0) is 47.5 Å². The number of aromatic nitrogens is 7. The fraction of sp³-hybridized carbons (Fsp3) is 0.545. The molecule has 3 aliphatic rings. The van der Waals surface area contributed by atoms with Crippen LogP contribution in [0.1, 0.15) is 38.1 Å². The Bertz CT molecular complexity index is 1130. The van der Waals surface area contributed by atoms with E-state index in [0.29, 0.717) is 19.0 Å². The largest absolute Gasteiger partial charge is 0.423 e. The first-order valence-electron chi connectivity index (χ1n) is 12.0. The van der Waals surface area contributed by atoms with Crippen LogP contribution in [0.3, 0.4) is 0 Å². The van der Waals surface area contributed by atoms with E-state index >= 15 is 0 Å². The molecule has 3 aromatic rings. The molecule has 6 rings (SSSR count). The number of hydrogen-bond donors (Lipinski definition) is 2. The van der Waals surface area contributed by atoms with Crippen LogP contribution in [0.4, 0.5) is 4.79 Å². The van der Waals surface area contributed by atoms with Crippen molar-refractivity contribution in [3.05, 3.63) is 36.9 Å². The van der Waals surface area contributed by atoms with Crippen LogP contribution in [-0.2, 0) is 9.47 Å². The lowest BCUT2D eigenvalue weighted by Crippen LogP contribution is -2.50. The third-order valence-corrected chi connectivity index (χ3v) is 6.79. The topological polar surface area (TPSA) is 143 Å². The fourth-order valence-corrected chi connectivity index (χ4v) is 5.03. The molecule has 1 aromatic carbocycles. The number of carbonyl (C=O) groups excluding carboxylic acids is 1. The highest BCUT2D eigenvalue weighted by Gasteiger charge is 2.50. The number of fused-ring (bicyclic) bond motifs is 1. The van der Waals surface area contributed by atoms with Crippen LogP contribution in [0.25, 0.3) is 5.69 Å². The predicted molar refractivity (Wildman–Crippen MR) is 120 cm³/mol. The van der Waals surface area contributed by atoms with E-state index in [0.717, 1.165) is 31.4 Å². The Labute approximate surface area is 201 Å². The number of nitrogens with one attached hydrogen (secondary N) is 2.